The van der Waals surface area contributed by atoms with Crippen molar-refractivity contribution >= 4 is 33.4 Å². The lowest BCUT2D eigenvalue weighted by molar-refractivity contribution is 0.886. The van der Waals surface area contributed by atoms with Gasteiger partial charge in [-0.05, 0) is 40.4 Å². The molecule has 2 N–H and O–H groups in total. The van der Waals surface area contributed by atoms with E-state index in [0.29, 0.717) is 0 Å². The first-order valence-electron chi connectivity index (χ1n) is 5.42. The average molecular weight is 286 g/mol. The summed E-state index contributed by atoms with van der Waals surface area (Å²) >= 11 is 5.63. The number of hydrogen-bond donors (Lipinski definition) is 1. The third-order valence-electron chi connectivity index (χ3n) is 2.89. The van der Waals surface area contributed by atoms with Gasteiger partial charge in [0.1, 0.15) is 0 Å². The molecule has 1 aromatic rings. The lowest BCUT2D eigenvalue weighted by Gasteiger charge is -2.10. The van der Waals surface area contributed by atoms with E-state index in [1.54, 1.807) is 0 Å². The van der Waals surface area contributed by atoms with Crippen LogP contribution in [0.25, 0.3) is 0 Å². The van der Waals surface area contributed by atoms with Crippen LogP contribution in [0.2, 0.25) is 0 Å². The van der Waals surface area contributed by atoms with Gasteiger partial charge in [0.2, 0.25) is 0 Å². The van der Waals surface area contributed by atoms with Gasteiger partial charge < -0.3 is 5.73 Å². The van der Waals surface area contributed by atoms with E-state index in [1.165, 1.54) is 31.2 Å². The standard InChI is InChI=1S/C12H16BrNS/c13-12-9(4-3-7-11(12)14)8-15-10-5-1-2-6-10/h3-4,7,10H,1-2,5-6,8,14H2. The van der Waals surface area contributed by atoms with Crippen LogP contribution in [-0.4, -0.2) is 5.25 Å². The SMILES string of the molecule is Nc1cccc(CSC2CCCC2)c1Br. The third kappa shape index (κ3) is 2.91. The molecule has 1 aliphatic carbocycles. The Kier molecular flexibility index (Phi) is 3.98. The zero-order chi connectivity index (χ0) is 10.7. The van der Waals surface area contributed by atoms with Crippen LogP contribution in [0.1, 0.15) is 31.2 Å². The van der Waals surface area contributed by atoms with Crippen LogP contribution in [-0.2, 0) is 5.75 Å². The molecule has 1 aromatic carbocycles. The van der Waals surface area contributed by atoms with Gasteiger partial charge in [0.05, 0.1) is 0 Å². The molecule has 3 heteroatoms. The maximum Gasteiger partial charge on any atom is 0.0461 e. The molecule has 0 amide bonds. The highest BCUT2D eigenvalue weighted by atomic mass is 79.9. The number of nitrogens with two attached hydrogens (primary N) is 1. The molecule has 1 nitrogen and oxygen atoms in total. The summed E-state index contributed by atoms with van der Waals surface area (Å²) in [5.41, 5.74) is 8.02. The van der Waals surface area contributed by atoms with E-state index in [2.05, 4.69) is 33.8 Å². The predicted octanol–water partition coefficient (Wildman–Crippen LogP) is 4.21. The first kappa shape index (κ1) is 11.3. The zero-order valence-electron chi connectivity index (χ0n) is 8.71. The number of thioether (sulfide) groups is 1. The van der Waals surface area contributed by atoms with Gasteiger partial charge in [-0.1, -0.05) is 25.0 Å². The molecule has 0 atom stereocenters. The molecule has 1 saturated carbocycles. The van der Waals surface area contributed by atoms with Crippen molar-refractivity contribution in [2.24, 2.45) is 0 Å². The molecule has 82 valence electrons. The third-order valence-corrected chi connectivity index (χ3v) is 5.27. The van der Waals surface area contributed by atoms with Crippen molar-refractivity contribution in [1.82, 2.24) is 0 Å². The van der Waals surface area contributed by atoms with E-state index in [0.717, 1.165) is 21.2 Å². The fraction of sp³-hybridized carbons (Fsp3) is 0.500. The highest BCUT2D eigenvalue weighted by Gasteiger charge is 2.15. The minimum Gasteiger partial charge on any atom is -0.398 e. The van der Waals surface area contributed by atoms with Crippen molar-refractivity contribution in [2.75, 3.05) is 5.73 Å². The second kappa shape index (κ2) is 5.26. The summed E-state index contributed by atoms with van der Waals surface area (Å²) in [6, 6.07) is 6.13. The molecule has 2 rings (SSSR count). The maximum atomic E-state index is 5.85. The van der Waals surface area contributed by atoms with E-state index < -0.39 is 0 Å². The Bertz CT molecular complexity index is 334. The Balaban J connectivity index is 1.95. The smallest absolute Gasteiger partial charge is 0.0461 e. The van der Waals surface area contributed by atoms with E-state index in [-0.39, 0.29) is 0 Å². The number of nitrogen functional groups attached to an aromatic ring is 1. The van der Waals surface area contributed by atoms with Crippen LogP contribution in [0.3, 0.4) is 0 Å². The number of rotatable bonds is 3. The Morgan fingerprint density at radius 2 is 2.07 bits per heavy atom. The van der Waals surface area contributed by atoms with Crippen molar-refractivity contribution in [1.29, 1.82) is 0 Å². The first-order chi connectivity index (χ1) is 7.27. The van der Waals surface area contributed by atoms with E-state index in [4.69, 9.17) is 5.73 Å². The quantitative estimate of drug-likeness (QED) is 0.842. The lowest BCUT2D eigenvalue weighted by Crippen LogP contribution is -1.96. The van der Waals surface area contributed by atoms with Crippen LogP contribution in [0.5, 0.6) is 0 Å². The van der Waals surface area contributed by atoms with Gasteiger partial charge in [-0.15, -0.1) is 0 Å². The van der Waals surface area contributed by atoms with E-state index in [1.807, 2.05) is 12.1 Å². The molecular weight excluding hydrogens is 270 g/mol. The topological polar surface area (TPSA) is 26.0 Å². The van der Waals surface area contributed by atoms with Crippen LogP contribution in [0, 0.1) is 0 Å². The average Bonchev–Trinajstić information content (AvgIpc) is 2.73. The van der Waals surface area contributed by atoms with Crippen molar-refractivity contribution < 1.29 is 0 Å². The van der Waals surface area contributed by atoms with Gasteiger partial charge >= 0.3 is 0 Å². The van der Waals surface area contributed by atoms with Gasteiger partial charge in [-0.2, -0.15) is 11.8 Å². The van der Waals surface area contributed by atoms with Gasteiger partial charge in [0.25, 0.3) is 0 Å². The van der Waals surface area contributed by atoms with Crippen molar-refractivity contribution in [3.05, 3.63) is 28.2 Å². The van der Waals surface area contributed by atoms with Gasteiger partial charge in [-0.3, -0.25) is 0 Å². The summed E-state index contributed by atoms with van der Waals surface area (Å²) in [6.45, 7) is 0. The predicted molar refractivity (Wildman–Crippen MR) is 72.1 cm³/mol. The second-order valence-corrected chi connectivity index (χ2v) is 6.12. The summed E-state index contributed by atoms with van der Waals surface area (Å²) in [7, 11) is 0. The molecule has 0 unspecified atom stereocenters. The maximum absolute atomic E-state index is 5.85. The van der Waals surface area contributed by atoms with Crippen LogP contribution in [0.15, 0.2) is 22.7 Å². The Morgan fingerprint density at radius 1 is 1.33 bits per heavy atom. The van der Waals surface area contributed by atoms with Crippen molar-refractivity contribution in [2.45, 2.75) is 36.7 Å². The minimum atomic E-state index is 0.847. The molecule has 0 aliphatic heterocycles. The molecule has 0 aromatic heterocycles. The largest absolute Gasteiger partial charge is 0.398 e. The summed E-state index contributed by atoms with van der Waals surface area (Å²) in [5.74, 6) is 1.08. The number of anilines is 1. The molecule has 15 heavy (non-hydrogen) atoms. The Hall–Kier alpha value is -0.150. The fourth-order valence-electron chi connectivity index (χ4n) is 1.97. The van der Waals surface area contributed by atoms with Crippen molar-refractivity contribution in [3.8, 4) is 0 Å². The molecular formula is C12H16BrNS. The molecule has 1 fully saturated rings. The monoisotopic (exact) mass is 285 g/mol. The summed E-state index contributed by atoms with van der Waals surface area (Å²) < 4.78 is 1.08. The Morgan fingerprint density at radius 3 is 2.80 bits per heavy atom. The van der Waals surface area contributed by atoms with Gasteiger partial charge in [-0.25, -0.2) is 0 Å². The molecule has 0 heterocycles. The minimum absolute atomic E-state index is 0.847. The van der Waals surface area contributed by atoms with Gasteiger partial charge in [0.15, 0.2) is 0 Å². The molecule has 0 spiro atoms. The molecule has 0 bridgehead atoms. The Labute approximate surface area is 104 Å². The molecule has 0 saturated heterocycles. The summed E-state index contributed by atoms with van der Waals surface area (Å²) in [6.07, 6.45) is 5.61. The van der Waals surface area contributed by atoms with Gasteiger partial charge in [0, 0.05) is 21.2 Å². The zero-order valence-corrected chi connectivity index (χ0v) is 11.1. The van der Waals surface area contributed by atoms with Crippen LogP contribution >= 0.6 is 27.7 Å². The fourth-order valence-corrected chi connectivity index (χ4v) is 3.89. The highest BCUT2D eigenvalue weighted by molar-refractivity contribution is 9.10. The molecule has 1 aliphatic rings. The number of halogens is 1. The summed E-state index contributed by atoms with van der Waals surface area (Å²) in [5, 5.41) is 0.873. The first-order valence-corrected chi connectivity index (χ1v) is 7.26. The van der Waals surface area contributed by atoms with Crippen LogP contribution < -0.4 is 5.73 Å². The van der Waals surface area contributed by atoms with Crippen molar-refractivity contribution in [3.63, 3.8) is 0 Å². The van der Waals surface area contributed by atoms with E-state index in [9.17, 15) is 0 Å². The lowest BCUT2D eigenvalue weighted by atomic mass is 10.2. The van der Waals surface area contributed by atoms with Crippen LogP contribution in [0.4, 0.5) is 5.69 Å². The molecule has 0 radical (unpaired) electrons. The summed E-state index contributed by atoms with van der Waals surface area (Å²) in [4.78, 5) is 0. The normalized spacial score (nSPS) is 17.1. The second-order valence-electron chi connectivity index (χ2n) is 4.04. The number of benzene rings is 1. The van der Waals surface area contributed by atoms with E-state index >= 15 is 0 Å². The number of hydrogen-bond acceptors (Lipinski definition) is 2. The highest BCUT2D eigenvalue weighted by Crippen LogP contribution is 2.34.